The normalized spacial score (nSPS) is 10.4. The van der Waals surface area contributed by atoms with Crippen LogP contribution in [0, 0.1) is 0 Å². The third-order valence-corrected chi connectivity index (χ3v) is 3.08. The fourth-order valence-corrected chi connectivity index (χ4v) is 2.02. The van der Waals surface area contributed by atoms with E-state index >= 15 is 0 Å². The molecule has 0 saturated carbocycles. The van der Waals surface area contributed by atoms with Gasteiger partial charge in [0, 0.05) is 5.56 Å². The lowest BCUT2D eigenvalue weighted by atomic mass is 10.2. The van der Waals surface area contributed by atoms with E-state index in [1.165, 1.54) is 0 Å². The average Bonchev–Trinajstić information content (AvgIpc) is 2.62. The van der Waals surface area contributed by atoms with Crippen LogP contribution < -0.4 is 14.9 Å². The van der Waals surface area contributed by atoms with E-state index in [0.717, 1.165) is 5.56 Å². The van der Waals surface area contributed by atoms with Crippen LogP contribution in [0.2, 0.25) is 0 Å². The van der Waals surface area contributed by atoms with Crippen LogP contribution in [0.5, 0.6) is 11.5 Å². The number of hydrazone groups is 1. The fraction of sp³-hybridized carbons (Fsp3) is 0.158. The predicted octanol–water partition coefficient (Wildman–Crippen LogP) is 3.41. The minimum Gasteiger partial charge on any atom is -0.493 e. The number of ether oxygens (including phenoxy) is 2. The highest BCUT2D eigenvalue weighted by Gasteiger charge is 2.10. The Labute approximate surface area is 141 Å². The lowest BCUT2D eigenvalue weighted by molar-refractivity contribution is 0.0951. The van der Waals surface area contributed by atoms with Gasteiger partial charge in [-0.25, -0.2) is 5.43 Å². The molecule has 0 aromatic heterocycles. The number of carbonyl (C=O) groups excluding carboxylic acids is 1. The predicted molar refractivity (Wildman–Crippen MR) is 94.8 cm³/mol. The number of benzene rings is 2. The van der Waals surface area contributed by atoms with E-state index in [1.54, 1.807) is 36.6 Å². The van der Waals surface area contributed by atoms with E-state index < -0.39 is 0 Å². The third kappa shape index (κ3) is 4.71. The van der Waals surface area contributed by atoms with E-state index in [1.807, 2.05) is 31.2 Å². The summed E-state index contributed by atoms with van der Waals surface area (Å²) in [4.78, 5) is 12.3. The topological polar surface area (TPSA) is 59.9 Å². The molecule has 2 aromatic rings. The van der Waals surface area contributed by atoms with Crippen LogP contribution in [0.15, 0.2) is 66.3 Å². The van der Waals surface area contributed by atoms with Crippen LogP contribution in [0.4, 0.5) is 0 Å². The molecule has 1 amide bonds. The molecule has 2 aromatic carbocycles. The van der Waals surface area contributed by atoms with Gasteiger partial charge in [0.25, 0.3) is 5.91 Å². The van der Waals surface area contributed by atoms with Crippen molar-refractivity contribution in [1.29, 1.82) is 0 Å². The zero-order valence-corrected chi connectivity index (χ0v) is 13.6. The molecule has 0 aliphatic carbocycles. The Balaban J connectivity index is 2.07. The first kappa shape index (κ1) is 17.3. The number of carbonyl (C=O) groups is 1. The lowest BCUT2D eigenvalue weighted by Crippen LogP contribution is -2.18. The number of nitrogens with zero attached hydrogens (tertiary/aromatic N) is 1. The van der Waals surface area contributed by atoms with Crippen molar-refractivity contribution < 1.29 is 14.3 Å². The minimum absolute atomic E-state index is 0.329. The van der Waals surface area contributed by atoms with Gasteiger partial charge in [0.2, 0.25) is 0 Å². The maximum atomic E-state index is 12.3. The molecule has 0 heterocycles. The zero-order valence-electron chi connectivity index (χ0n) is 13.6. The first-order chi connectivity index (χ1) is 11.8. The fourth-order valence-electron chi connectivity index (χ4n) is 2.02. The number of rotatable bonds is 8. The van der Waals surface area contributed by atoms with E-state index in [-0.39, 0.29) is 5.91 Å². The molecule has 1 N–H and O–H groups in total. The smallest absolute Gasteiger partial charge is 0.275 e. The zero-order chi connectivity index (χ0) is 17.2. The van der Waals surface area contributed by atoms with Crippen LogP contribution in [-0.2, 0) is 0 Å². The van der Waals surface area contributed by atoms with Crippen molar-refractivity contribution >= 4 is 12.1 Å². The van der Waals surface area contributed by atoms with Gasteiger partial charge in [-0.05, 0) is 31.2 Å². The van der Waals surface area contributed by atoms with Gasteiger partial charge in [-0.15, -0.1) is 0 Å². The van der Waals surface area contributed by atoms with Crippen LogP contribution in [-0.4, -0.2) is 25.3 Å². The standard InChI is InChI=1S/C19H20N2O3/c1-3-13-24-18-12-8-6-10-16(18)19(22)21-20-14-15-9-5-7-11-17(15)23-4-2/h3,5-12,14H,1,4,13H2,2H3,(H,21,22). The molecule has 2 rings (SSSR count). The minimum atomic E-state index is -0.347. The summed E-state index contributed by atoms with van der Waals surface area (Å²) in [7, 11) is 0. The number of nitrogens with one attached hydrogen (secondary N) is 1. The highest BCUT2D eigenvalue weighted by molar-refractivity contribution is 5.97. The van der Waals surface area contributed by atoms with E-state index in [4.69, 9.17) is 9.47 Å². The van der Waals surface area contributed by atoms with Gasteiger partial charge in [-0.2, -0.15) is 5.10 Å². The molecular formula is C19H20N2O3. The van der Waals surface area contributed by atoms with Crippen LogP contribution in [0.3, 0.4) is 0 Å². The molecular weight excluding hydrogens is 304 g/mol. The molecule has 0 aliphatic rings. The van der Waals surface area contributed by atoms with Gasteiger partial charge in [-0.3, -0.25) is 4.79 Å². The van der Waals surface area contributed by atoms with E-state index in [9.17, 15) is 4.79 Å². The monoisotopic (exact) mass is 324 g/mol. The Kier molecular flexibility index (Phi) is 6.58. The number of para-hydroxylation sites is 2. The van der Waals surface area contributed by atoms with Crippen molar-refractivity contribution in [3.05, 3.63) is 72.3 Å². The second kappa shape index (κ2) is 9.15. The Hall–Kier alpha value is -3.08. The maximum Gasteiger partial charge on any atom is 0.275 e. The molecule has 0 aliphatic heterocycles. The average molecular weight is 324 g/mol. The summed E-state index contributed by atoms with van der Waals surface area (Å²) in [5, 5.41) is 4.00. The van der Waals surface area contributed by atoms with Gasteiger partial charge in [0.1, 0.15) is 18.1 Å². The van der Waals surface area contributed by atoms with Crippen molar-refractivity contribution in [3.63, 3.8) is 0 Å². The first-order valence-corrected chi connectivity index (χ1v) is 7.64. The number of hydrogen-bond acceptors (Lipinski definition) is 4. The van der Waals surface area contributed by atoms with Crippen LogP contribution in [0.25, 0.3) is 0 Å². The van der Waals surface area contributed by atoms with Crippen molar-refractivity contribution in [2.45, 2.75) is 6.92 Å². The molecule has 5 nitrogen and oxygen atoms in total. The van der Waals surface area contributed by atoms with Gasteiger partial charge >= 0.3 is 0 Å². The largest absolute Gasteiger partial charge is 0.493 e. The maximum absolute atomic E-state index is 12.3. The SMILES string of the molecule is C=CCOc1ccccc1C(=O)NN=Cc1ccccc1OCC. The Morgan fingerprint density at radius 2 is 1.83 bits per heavy atom. The molecule has 0 atom stereocenters. The lowest BCUT2D eigenvalue weighted by Gasteiger charge is -2.08. The summed E-state index contributed by atoms with van der Waals surface area (Å²) in [6.45, 7) is 6.40. The van der Waals surface area contributed by atoms with Crippen molar-refractivity contribution in [2.75, 3.05) is 13.2 Å². The summed E-state index contributed by atoms with van der Waals surface area (Å²) in [5.74, 6) is 0.854. The highest BCUT2D eigenvalue weighted by Crippen LogP contribution is 2.18. The molecule has 124 valence electrons. The summed E-state index contributed by atoms with van der Waals surface area (Å²) in [5.41, 5.74) is 3.70. The van der Waals surface area contributed by atoms with E-state index in [0.29, 0.717) is 30.3 Å². The second-order valence-corrected chi connectivity index (χ2v) is 4.77. The Morgan fingerprint density at radius 3 is 2.58 bits per heavy atom. The molecule has 0 radical (unpaired) electrons. The molecule has 0 bridgehead atoms. The molecule has 0 fully saturated rings. The van der Waals surface area contributed by atoms with Crippen molar-refractivity contribution in [1.82, 2.24) is 5.43 Å². The van der Waals surface area contributed by atoms with Crippen LogP contribution in [0.1, 0.15) is 22.8 Å². The van der Waals surface area contributed by atoms with E-state index in [2.05, 4.69) is 17.1 Å². The van der Waals surface area contributed by atoms with Gasteiger partial charge < -0.3 is 9.47 Å². The summed E-state index contributed by atoms with van der Waals surface area (Å²) in [6.07, 6.45) is 3.17. The molecule has 24 heavy (non-hydrogen) atoms. The van der Waals surface area contributed by atoms with Crippen molar-refractivity contribution in [2.24, 2.45) is 5.10 Å². The summed E-state index contributed by atoms with van der Waals surface area (Å²) < 4.78 is 11.0. The molecule has 0 unspecified atom stereocenters. The number of hydrogen-bond donors (Lipinski definition) is 1. The molecule has 5 heteroatoms. The second-order valence-electron chi connectivity index (χ2n) is 4.77. The summed E-state index contributed by atoms with van der Waals surface area (Å²) in [6, 6.07) is 14.5. The quantitative estimate of drug-likeness (QED) is 0.460. The number of amides is 1. The van der Waals surface area contributed by atoms with Crippen molar-refractivity contribution in [3.8, 4) is 11.5 Å². The first-order valence-electron chi connectivity index (χ1n) is 7.64. The van der Waals surface area contributed by atoms with Gasteiger partial charge in [0.15, 0.2) is 0 Å². The van der Waals surface area contributed by atoms with Crippen LogP contribution >= 0.6 is 0 Å². The Bertz CT molecular complexity index is 726. The Morgan fingerprint density at radius 1 is 1.12 bits per heavy atom. The summed E-state index contributed by atoms with van der Waals surface area (Å²) >= 11 is 0. The van der Waals surface area contributed by atoms with Gasteiger partial charge in [0.05, 0.1) is 18.4 Å². The third-order valence-electron chi connectivity index (χ3n) is 3.08. The molecule has 0 saturated heterocycles. The van der Waals surface area contributed by atoms with Gasteiger partial charge in [-0.1, -0.05) is 36.9 Å². The molecule has 0 spiro atoms. The highest BCUT2D eigenvalue weighted by atomic mass is 16.5.